The van der Waals surface area contributed by atoms with E-state index < -0.39 is 0 Å². The molecule has 100 valence electrons. The number of aryl methyl sites for hydroxylation is 2. The van der Waals surface area contributed by atoms with Crippen LogP contribution in [0, 0.1) is 20.8 Å². The van der Waals surface area contributed by atoms with Crippen LogP contribution in [-0.2, 0) is 0 Å². The fraction of sp³-hybridized carbons (Fsp3) is 0.188. The lowest BCUT2D eigenvalue weighted by Gasteiger charge is -2.11. The number of pyridine rings is 2. The minimum atomic E-state index is 0.983. The van der Waals surface area contributed by atoms with Gasteiger partial charge < -0.3 is 0 Å². The number of aromatic amines is 1. The van der Waals surface area contributed by atoms with Crippen molar-refractivity contribution in [2.24, 2.45) is 0 Å². The fourth-order valence-electron chi connectivity index (χ4n) is 2.40. The van der Waals surface area contributed by atoms with Crippen LogP contribution in [0.4, 0.5) is 0 Å². The van der Waals surface area contributed by atoms with Gasteiger partial charge in [0, 0.05) is 29.7 Å². The van der Waals surface area contributed by atoms with Crippen LogP contribution in [0.3, 0.4) is 0 Å². The molecule has 0 unspecified atom stereocenters. The smallest absolute Gasteiger partial charge is 0.0749 e. The quantitative estimate of drug-likeness (QED) is 0.771. The van der Waals surface area contributed by atoms with E-state index in [1.54, 1.807) is 0 Å². The average Bonchev–Trinajstić information content (AvgIpc) is 2.86. The van der Waals surface area contributed by atoms with E-state index in [1.807, 2.05) is 37.8 Å². The summed E-state index contributed by atoms with van der Waals surface area (Å²) in [5, 5.41) is 7.14. The standard InChI is InChI=1S/C16H16N4/c1-10-5-4-6-18-15(10)13-8-17-9-14(12(13)3)16-11(2)7-19-20-16/h4-9H,1-3H3,(H,19,20). The van der Waals surface area contributed by atoms with Crippen molar-refractivity contribution in [3.63, 3.8) is 0 Å². The summed E-state index contributed by atoms with van der Waals surface area (Å²) in [6.07, 6.45) is 7.39. The molecule has 0 bridgehead atoms. The summed E-state index contributed by atoms with van der Waals surface area (Å²) < 4.78 is 0. The van der Waals surface area contributed by atoms with Gasteiger partial charge in [0.15, 0.2) is 0 Å². The molecule has 0 aliphatic carbocycles. The van der Waals surface area contributed by atoms with E-state index in [-0.39, 0.29) is 0 Å². The maximum absolute atomic E-state index is 4.49. The second kappa shape index (κ2) is 4.89. The molecule has 0 fully saturated rings. The number of hydrogen-bond donors (Lipinski definition) is 1. The Kier molecular flexibility index (Phi) is 3.06. The van der Waals surface area contributed by atoms with Crippen LogP contribution in [0.1, 0.15) is 16.7 Å². The minimum Gasteiger partial charge on any atom is -0.278 e. The monoisotopic (exact) mass is 264 g/mol. The lowest BCUT2D eigenvalue weighted by Crippen LogP contribution is -1.95. The van der Waals surface area contributed by atoms with Crippen LogP contribution in [0.2, 0.25) is 0 Å². The van der Waals surface area contributed by atoms with Gasteiger partial charge in [-0.25, -0.2) is 0 Å². The highest BCUT2D eigenvalue weighted by atomic mass is 15.1. The van der Waals surface area contributed by atoms with Crippen LogP contribution < -0.4 is 0 Å². The molecule has 4 nitrogen and oxygen atoms in total. The van der Waals surface area contributed by atoms with Gasteiger partial charge in [-0.15, -0.1) is 0 Å². The Balaban J connectivity index is 2.21. The summed E-state index contributed by atoms with van der Waals surface area (Å²) in [5.41, 5.74) is 7.56. The van der Waals surface area contributed by atoms with Gasteiger partial charge >= 0.3 is 0 Å². The molecule has 3 heterocycles. The molecule has 0 saturated heterocycles. The second-order valence-corrected chi connectivity index (χ2v) is 4.96. The number of rotatable bonds is 2. The third-order valence-electron chi connectivity index (χ3n) is 3.58. The molecule has 0 spiro atoms. The van der Waals surface area contributed by atoms with Crippen molar-refractivity contribution < 1.29 is 0 Å². The molecule has 3 aromatic heterocycles. The molecule has 0 aliphatic rings. The Labute approximate surface area is 117 Å². The third kappa shape index (κ3) is 1.99. The molecule has 0 saturated carbocycles. The Morgan fingerprint density at radius 1 is 0.950 bits per heavy atom. The zero-order valence-corrected chi connectivity index (χ0v) is 11.8. The van der Waals surface area contributed by atoms with Crippen molar-refractivity contribution in [2.45, 2.75) is 20.8 Å². The highest BCUT2D eigenvalue weighted by Crippen LogP contribution is 2.31. The van der Waals surface area contributed by atoms with Crippen molar-refractivity contribution in [1.82, 2.24) is 20.2 Å². The van der Waals surface area contributed by atoms with Gasteiger partial charge in [0.1, 0.15) is 0 Å². The van der Waals surface area contributed by atoms with E-state index in [1.165, 1.54) is 0 Å². The first-order chi connectivity index (χ1) is 9.68. The Bertz CT molecular complexity index is 759. The topological polar surface area (TPSA) is 54.5 Å². The predicted octanol–water partition coefficient (Wildman–Crippen LogP) is 3.46. The molecule has 3 rings (SSSR count). The van der Waals surface area contributed by atoms with E-state index >= 15 is 0 Å². The molecular weight excluding hydrogens is 248 g/mol. The summed E-state index contributed by atoms with van der Waals surface area (Å²) in [4.78, 5) is 8.86. The Hall–Kier alpha value is -2.49. The first-order valence-corrected chi connectivity index (χ1v) is 6.55. The van der Waals surface area contributed by atoms with E-state index in [4.69, 9.17) is 0 Å². The zero-order chi connectivity index (χ0) is 14.1. The summed E-state index contributed by atoms with van der Waals surface area (Å²) in [5.74, 6) is 0. The number of hydrogen-bond acceptors (Lipinski definition) is 3. The molecule has 3 aromatic rings. The highest BCUT2D eigenvalue weighted by Gasteiger charge is 2.13. The number of aromatic nitrogens is 4. The second-order valence-electron chi connectivity index (χ2n) is 4.96. The number of nitrogens with one attached hydrogen (secondary N) is 1. The number of H-pyrrole nitrogens is 1. The van der Waals surface area contributed by atoms with Gasteiger partial charge in [-0.1, -0.05) is 6.07 Å². The summed E-state index contributed by atoms with van der Waals surface area (Å²) in [6.45, 7) is 6.20. The van der Waals surface area contributed by atoms with E-state index in [2.05, 4.69) is 40.1 Å². The normalized spacial score (nSPS) is 10.8. The minimum absolute atomic E-state index is 0.983. The van der Waals surface area contributed by atoms with Crippen molar-refractivity contribution in [1.29, 1.82) is 0 Å². The first kappa shape index (κ1) is 12.5. The molecule has 0 aromatic carbocycles. The van der Waals surface area contributed by atoms with Crippen molar-refractivity contribution in [3.05, 3.63) is 53.6 Å². The van der Waals surface area contributed by atoms with Crippen LogP contribution in [0.15, 0.2) is 36.9 Å². The van der Waals surface area contributed by atoms with Crippen LogP contribution in [0.5, 0.6) is 0 Å². The average molecular weight is 264 g/mol. The molecular formula is C16H16N4. The summed E-state index contributed by atoms with van der Waals surface area (Å²) in [6, 6.07) is 4.01. The molecule has 4 heteroatoms. The third-order valence-corrected chi connectivity index (χ3v) is 3.58. The van der Waals surface area contributed by atoms with Gasteiger partial charge in [-0.05, 0) is 43.5 Å². The summed E-state index contributed by atoms with van der Waals surface area (Å²) >= 11 is 0. The van der Waals surface area contributed by atoms with Gasteiger partial charge in [0.2, 0.25) is 0 Å². The molecule has 0 aliphatic heterocycles. The van der Waals surface area contributed by atoms with Gasteiger partial charge in [0.05, 0.1) is 17.6 Å². The maximum Gasteiger partial charge on any atom is 0.0749 e. The van der Waals surface area contributed by atoms with Gasteiger partial charge in [0.25, 0.3) is 0 Å². The predicted molar refractivity (Wildman–Crippen MR) is 79.3 cm³/mol. The molecule has 0 radical (unpaired) electrons. The highest BCUT2D eigenvalue weighted by molar-refractivity contribution is 5.76. The molecule has 20 heavy (non-hydrogen) atoms. The van der Waals surface area contributed by atoms with Crippen molar-refractivity contribution >= 4 is 0 Å². The first-order valence-electron chi connectivity index (χ1n) is 6.55. The largest absolute Gasteiger partial charge is 0.278 e. The van der Waals surface area contributed by atoms with E-state index in [0.29, 0.717) is 0 Å². The molecule has 0 atom stereocenters. The van der Waals surface area contributed by atoms with Crippen LogP contribution in [-0.4, -0.2) is 20.2 Å². The van der Waals surface area contributed by atoms with Gasteiger partial charge in [-0.2, -0.15) is 5.10 Å². The van der Waals surface area contributed by atoms with Crippen LogP contribution in [0.25, 0.3) is 22.5 Å². The maximum atomic E-state index is 4.49. The zero-order valence-electron chi connectivity index (χ0n) is 11.8. The van der Waals surface area contributed by atoms with E-state index in [0.717, 1.165) is 39.2 Å². The summed E-state index contributed by atoms with van der Waals surface area (Å²) in [7, 11) is 0. The SMILES string of the molecule is Cc1cccnc1-c1cncc(-c2[nH]ncc2C)c1C. The van der Waals surface area contributed by atoms with Gasteiger partial charge in [-0.3, -0.25) is 15.1 Å². The van der Waals surface area contributed by atoms with Crippen molar-refractivity contribution in [3.8, 4) is 22.5 Å². The number of nitrogens with zero attached hydrogens (tertiary/aromatic N) is 3. The van der Waals surface area contributed by atoms with Crippen LogP contribution >= 0.6 is 0 Å². The Morgan fingerprint density at radius 2 is 1.75 bits per heavy atom. The fourth-order valence-corrected chi connectivity index (χ4v) is 2.40. The molecule has 1 N–H and O–H groups in total. The lowest BCUT2D eigenvalue weighted by atomic mass is 9.98. The van der Waals surface area contributed by atoms with E-state index in [9.17, 15) is 0 Å². The van der Waals surface area contributed by atoms with Crippen molar-refractivity contribution in [2.75, 3.05) is 0 Å². The lowest BCUT2D eigenvalue weighted by molar-refractivity contribution is 1.09. The Morgan fingerprint density at radius 3 is 2.45 bits per heavy atom. The molecule has 0 amide bonds.